The average molecular weight is 420 g/mol. The molecule has 3 rings (SSSR count). The molecule has 0 spiro atoms. The second-order valence-corrected chi connectivity index (χ2v) is 9.31. The number of carbonyl (C=O) groups is 1. The van der Waals surface area contributed by atoms with Crippen LogP contribution in [0.1, 0.15) is 6.42 Å². The summed E-state index contributed by atoms with van der Waals surface area (Å²) in [5.74, 6) is -0.131. The van der Waals surface area contributed by atoms with Crippen molar-refractivity contribution in [1.29, 1.82) is 0 Å². The quantitative estimate of drug-likeness (QED) is 0.591. The number of nitrogens with one attached hydrogen (secondary N) is 1. The molecule has 0 bridgehead atoms. The lowest BCUT2D eigenvalue weighted by atomic mass is 10.3. The van der Waals surface area contributed by atoms with Crippen molar-refractivity contribution in [2.45, 2.75) is 22.8 Å². The Labute approximate surface area is 168 Å². The maximum atomic E-state index is 12.2. The fourth-order valence-corrected chi connectivity index (χ4v) is 4.00. The third kappa shape index (κ3) is 4.34. The van der Waals surface area contributed by atoms with Gasteiger partial charge in [-0.3, -0.25) is 4.79 Å². The summed E-state index contributed by atoms with van der Waals surface area (Å²) in [6, 6.07) is 12.3. The molecule has 0 aliphatic heterocycles. The highest BCUT2D eigenvalue weighted by molar-refractivity contribution is 7.98. The number of anilines is 1. The highest BCUT2D eigenvalue weighted by Gasteiger charge is 2.19. The van der Waals surface area contributed by atoms with Gasteiger partial charge in [0.1, 0.15) is 5.52 Å². The topological polar surface area (TPSA) is 97.2 Å². The van der Waals surface area contributed by atoms with Gasteiger partial charge < -0.3 is 5.32 Å². The molecule has 2 aromatic carbocycles. The molecule has 0 atom stereocenters. The first-order chi connectivity index (χ1) is 13.3. The number of hydrogen-bond donors (Lipinski definition) is 1. The minimum atomic E-state index is -3.53. The van der Waals surface area contributed by atoms with Crippen molar-refractivity contribution >= 4 is 44.4 Å². The summed E-state index contributed by atoms with van der Waals surface area (Å²) in [4.78, 5) is 13.5. The van der Waals surface area contributed by atoms with E-state index in [9.17, 15) is 13.2 Å². The van der Waals surface area contributed by atoms with Gasteiger partial charge in [0.25, 0.3) is 0 Å². The van der Waals surface area contributed by atoms with Gasteiger partial charge in [0.15, 0.2) is 0 Å². The van der Waals surface area contributed by atoms with Gasteiger partial charge in [-0.25, -0.2) is 17.4 Å². The Hall–Kier alpha value is -2.43. The predicted molar refractivity (Wildman–Crippen MR) is 110 cm³/mol. The smallest absolute Gasteiger partial charge is 0.242 e. The zero-order valence-corrected chi connectivity index (χ0v) is 17.4. The number of aryl methyl sites for hydroxylation is 1. The number of carbonyl (C=O) groups excluding carboxylic acids is 1. The molecule has 0 aliphatic carbocycles. The summed E-state index contributed by atoms with van der Waals surface area (Å²) in [7, 11) is -0.583. The number of aromatic nitrogens is 3. The molecule has 1 aromatic heterocycles. The zero-order chi connectivity index (χ0) is 20.3. The second kappa shape index (κ2) is 8.29. The van der Waals surface area contributed by atoms with Crippen molar-refractivity contribution in [2.24, 2.45) is 0 Å². The lowest BCUT2D eigenvalue weighted by Crippen LogP contribution is -2.22. The Morgan fingerprint density at radius 1 is 1.21 bits per heavy atom. The van der Waals surface area contributed by atoms with Crippen LogP contribution in [0, 0.1) is 0 Å². The third-order valence-corrected chi connectivity index (χ3v) is 6.70. The maximum absolute atomic E-state index is 12.2. The SMILES string of the molecule is CSc1cccc(NC(=O)CCn2nnc3cc(S(=O)(=O)N(C)C)ccc32)c1. The minimum absolute atomic E-state index is 0.131. The first kappa shape index (κ1) is 20.3. The van der Waals surface area contributed by atoms with Crippen molar-refractivity contribution in [3.05, 3.63) is 42.5 Å². The molecule has 1 amide bonds. The molecule has 0 aliphatic rings. The largest absolute Gasteiger partial charge is 0.326 e. The van der Waals surface area contributed by atoms with Gasteiger partial charge in [-0.05, 0) is 42.7 Å². The summed E-state index contributed by atoms with van der Waals surface area (Å²) in [5, 5.41) is 10.9. The number of rotatable bonds is 7. The molecule has 10 heteroatoms. The monoisotopic (exact) mass is 419 g/mol. The van der Waals surface area contributed by atoms with Crippen molar-refractivity contribution in [1.82, 2.24) is 19.3 Å². The predicted octanol–water partition coefficient (Wildman–Crippen LogP) is 2.43. The Morgan fingerprint density at radius 2 is 2.00 bits per heavy atom. The van der Waals surface area contributed by atoms with Crippen molar-refractivity contribution < 1.29 is 13.2 Å². The van der Waals surface area contributed by atoms with Gasteiger partial charge in [0, 0.05) is 31.1 Å². The summed E-state index contributed by atoms with van der Waals surface area (Å²) >= 11 is 1.61. The van der Waals surface area contributed by atoms with E-state index in [4.69, 9.17) is 0 Å². The van der Waals surface area contributed by atoms with Gasteiger partial charge in [0.05, 0.1) is 17.0 Å². The van der Waals surface area contributed by atoms with Crippen molar-refractivity contribution in [3.63, 3.8) is 0 Å². The Kier molecular flexibility index (Phi) is 6.01. The van der Waals surface area contributed by atoms with Crippen LogP contribution in [0.25, 0.3) is 11.0 Å². The fraction of sp³-hybridized carbons (Fsp3) is 0.278. The van der Waals surface area contributed by atoms with E-state index in [1.165, 1.54) is 26.2 Å². The molecular weight excluding hydrogens is 398 g/mol. The van der Waals surface area contributed by atoms with Crippen LogP contribution in [0.5, 0.6) is 0 Å². The highest BCUT2D eigenvalue weighted by Crippen LogP contribution is 2.20. The lowest BCUT2D eigenvalue weighted by Gasteiger charge is -2.11. The molecule has 1 heterocycles. The summed E-state index contributed by atoms with van der Waals surface area (Å²) in [5.41, 5.74) is 1.89. The third-order valence-electron chi connectivity index (χ3n) is 4.17. The Bertz CT molecular complexity index is 1110. The Morgan fingerprint density at radius 3 is 2.71 bits per heavy atom. The summed E-state index contributed by atoms with van der Waals surface area (Å²) in [6.07, 6.45) is 2.20. The van der Waals surface area contributed by atoms with Gasteiger partial charge >= 0.3 is 0 Å². The van der Waals surface area contributed by atoms with Crippen LogP contribution < -0.4 is 5.32 Å². The minimum Gasteiger partial charge on any atom is -0.326 e. The first-order valence-corrected chi connectivity index (χ1v) is 11.2. The van der Waals surface area contributed by atoms with Crippen LogP contribution in [0.3, 0.4) is 0 Å². The second-order valence-electron chi connectivity index (χ2n) is 6.28. The van der Waals surface area contributed by atoms with E-state index in [0.717, 1.165) is 14.9 Å². The van der Waals surface area contributed by atoms with E-state index in [1.807, 2.05) is 30.5 Å². The average Bonchev–Trinajstić information content (AvgIpc) is 3.08. The van der Waals surface area contributed by atoms with E-state index < -0.39 is 10.0 Å². The molecule has 1 N–H and O–H groups in total. The molecule has 3 aromatic rings. The van der Waals surface area contributed by atoms with E-state index in [2.05, 4.69) is 15.6 Å². The first-order valence-electron chi connectivity index (χ1n) is 8.51. The van der Waals surface area contributed by atoms with E-state index in [0.29, 0.717) is 17.6 Å². The van der Waals surface area contributed by atoms with E-state index in [1.54, 1.807) is 22.5 Å². The lowest BCUT2D eigenvalue weighted by molar-refractivity contribution is -0.116. The molecule has 0 saturated carbocycles. The van der Waals surface area contributed by atoms with Crippen LogP contribution in [-0.2, 0) is 21.4 Å². The van der Waals surface area contributed by atoms with E-state index in [-0.39, 0.29) is 17.2 Å². The molecule has 8 nitrogen and oxygen atoms in total. The molecule has 28 heavy (non-hydrogen) atoms. The number of benzene rings is 2. The van der Waals surface area contributed by atoms with Crippen molar-refractivity contribution in [3.8, 4) is 0 Å². The highest BCUT2D eigenvalue weighted by atomic mass is 32.2. The Balaban J connectivity index is 1.70. The number of fused-ring (bicyclic) bond motifs is 1. The number of sulfonamides is 1. The van der Waals surface area contributed by atoms with Crippen molar-refractivity contribution in [2.75, 3.05) is 25.7 Å². The molecule has 148 valence electrons. The normalized spacial score (nSPS) is 11.9. The number of hydrogen-bond acceptors (Lipinski definition) is 6. The van der Waals surface area contributed by atoms with Crippen LogP contribution >= 0.6 is 11.8 Å². The molecular formula is C18H21N5O3S2. The van der Waals surface area contributed by atoms with Gasteiger partial charge in [-0.15, -0.1) is 16.9 Å². The zero-order valence-electron chi connectivity index (χ0n) is 15.8. The maximum Gasteiger partial charge on any atom is 0.242 e. The molecule has 0 unspecified atom stereocenters. The standard InChI is InChI=1S/C18H21N5O3S2/c1-22(2)28(25,26)15-7-8-17-16(12-15)20-21-23(17)10-9-18(24)19-13-5-4-6-14(11-13)27-3/h4-8,11-12H,9-10H2,1-3H3,(H,19,24). The summed E-state index contributed by atoms with van der Waals surface area (Å²) < 4.78 is 27.2. The molecule has 0 radical (unpaired) electrons. The van der Waals surface area contributed by atoms with Gasteiger partial charge in [-0.1, -0.05) is 11.3 Å². The number of nitrogens with zero attached hydrogens (tertiary/aromatic N) is 4. The summed E-state index contributed by atoms with van der Waals surface area (Å²) in [6.45, 7) is 0.338. The van der Waals surface area contributed by atoms with E-state index >= 15 is 0 Å². The van der Waals surface area contributed by atoms with Crippen LogP contribution in [0.2, 0.25) is 0 Å². The van der Waals surface area contributed by atoms with Gasteiger partial charge in [-0.2, -0.15) is 0 Å². The molecule has 0 saturated heterocycles. The number of thioether (sulfide) groups is 1. The van der Waals surface area contributed by atoms with Crippen LogP contribution in [0.15, 0.2) is 52.3 Å². The van der Waals surface area contributed by atoms with Crippen LogP contribution in [-0.4, -0.2) is 54.0 Å². The van der Waals surface area contributed by atoms with Gasteiger partial charge in [0.2, 0.25) is 15.9 Å². The fourth-order valence-electron chi connectivity index (χ4n) is 2.62. The van der Waals surface area contributed by atoms with Crippen LogP contribution in [0.4, 0.5) is 5.69 Å². The molecule has 0 fully saturated rings. The number of amides is 1.